The Morgan fingerprint density at radius 2 is 1.82 bits per heavy atom. The zero-order chi connectivity index (χ0) is 16.5. The van der Waals surface area contributed by atoms with Crippen molar-refractivity contribution in [2.45, 2.75) is 53.3 Å². The van der Waals surface area contributed by atoms with Gasteiger partial charge in [0.2, 0.25) is 0 Å². The molecule has 2 atom stereocenters. The Labute approximate surface area is 132 Å². The highest BCUT2D eigenvalue weighted by Crippen LogP contribution is 2.35. The second-order valence-electron chi connectivity index (χ2n) is 7.38. The lowest BCUT2D eigenvalue weighted by Gasteiger charge is -2.34. The van der Waals surface area contributed by atoms with E-state index in [0.717, 1.165) is 0 Å². The van der Waals surface area contributed by atoms with E-state index in [-0.39, 0.29) is 17.3 Å². The highest BCUT2D eigenvalue weighted by Gasteiger charge is 2.49. The topological polar surface area (TPSA) is 46.6 Å². The SMILES string of the molecule is CC(C)C[C@H]1C(=O)O[C@H](C(C)(C)C)N1C(=O)c1ccccc1. The fraction of sp³-hybridized carbons (Fsp3) is 0.556. The van der Waals surface area contributed by atoms with E-state index in [1.54, 1.807) is 17.0 Å². The maximum atomic E-state index is 12.9. The fourth-order valence-electron chi connectivity index (χ4n) is 2.75. The number of ether oxygens (including phenoxy) is 1. The molecule has 4 nitrogen and oxygen atoms in total. The van der Waals surface area contributed by atoms with Crippen LogP contribution in [0.25, 0.3) is 0 Å². The van der Waals surface area contributed by atoms with E-state index in [1.165, 1.54) is 0 Å². The number of cyclic esters (lactones) is 1. The quantitative estimate of drug-likeness (QED) is 0.803. The zero-order valence-corrected chi connectivity index (χ0v) is 14.0. The van der Waals surface area contributed by atoms with Crippen molar-refractivity contribution in [1.29, 1.82) is 0 Å². The maximum absolute atomic E-state index is 12.9. The van der Waals surface area contributed by atoms with Crippen molar-refractivity contribution in [3.8, 4) is 0 Å². The molecular formula is C18H25NO3. The number of hydrogen-bond acceptors (Lipinski definition) is 3. The fourth-order valence-corrected chi connectivity index (χ4v) is 2.75. The predicted octanol–water partition coefficient (Wildman–Crippen LogP) is 3.47. The van der Waals surface area contributed by atoms with E-state index in [9.17, 15) is 9.59 Å². The van der Waals surface area contributed by atoms with Crippen LogP contribution in [0.5, 0.6) is 0 Å². The van der Waals surface area contributed by atoms with Gasteiger partial charge in [-0.3, -0.25) is 9.69 Å². The Balaban J connectivity index is 2.39. The number of nitrogens with zero attached hydrogens (tertiary/aromatic N) is 1. The average molecular weight is 303 g/mol. The van der Waals surface area contributed by atoms with E-state index in [4.69, 9.17) is 4.74 Å². The second-order valence-corrected chi connectivity index (χ2v) is 7.38. The molecule has 0 N–H and O–H groups in total. The molecular weight excluding hydrogens is 278 g/mol. The van der Waals surface area contributed by atoms with Crippen LogP contribution in [-0.4, -0.2) is 29.0 Å². The molecule has 4 heteroatoms. The monoisotopic (exact) mass is 303 g/mol. The first-order valence-electron chi connectivity index (χ1n) is 7.80. The van der Waals surface area contributed by atoms with Crippen molar-refractivity contribution < 1.29 is 14.3 Å². The normalized spacial score (nSPS) is 22.1. The summed E-state index contributed by atoms with van der Waals surface area (Å²) in [6, 6.07) is 8.58. The molecule has 1 fully saturated rings. The lowest BCUT2D eigenvalue weighted by Crippen LogP contribution is -2.48. The molecule has 22 heavy (non-hydrogen) atoms. The summed E-state index contributed by atoms with van der Waals surface area (Å²) >= 11 is 0. The molecule has 0 unspecified atom stereocenters. The van der Waals surface area contributed by atoms with Crippen LogP contribution in [0, 0.1) is 11.3 Å². The third-order valence-corrected chi connectivity index (χ3v) is 3.78. The third kappa shape index (κ3) is 3.32. The van der Waals surface area contributed by atoms with Crippen LogP contribution in [0.1, 0.15) is 51.4 Å². The van der Waals surface area contributed by atoms with Gasteiger partial charge in [-0.25, -0.2) is 4.79 Å². The van der Waals surface area contributed by atoms with Crippen LogP contribution in [0.15, 0.2) is 30.3 Å². The minimum Gasteiger partial charge on any atom is -0.439 e. The van der Waals surface area contributed by atoms with E-state index < -0.39 is 12.3 Å². The first-order chi connectivity index (χ1) is 10.2. The molecule has 1 aromatic carbocycles. The molecule has 1 amide bonds. The third-order valence-electron chi connectivity index (χ3n) is 3.78. The Kier molecular flexibility index (Phi) is 4.59. The second kappa shape index (κ2) is 6.11. The van der Waals surface area contributed by atoms with Gasteiger partial charge in [0.1, 0.15) is 6.04 Å². The standard InChI is InChI=1S/C18H25NO3/c1-12(2)11-14-16(21)22-17(18(3,4)5)19(14)15(20)13-9-7-6-8-10-13/h6-10,12,14,17H,11H2,1-5H3/t14-,17+/m0/s1. The van der Waals surface area contributed by atoms with Crippen molar-refractivity contribution in [3.05, 3.63) is 35.9 Å². The molecule has 2 rings (SSSR count). The van der Waals surface area contributed by atoms with Crippen LogP contribution in [0.4, 0.5) is 0 Å². The van der Waals surface area contributed by atoms with Gasteiger partial charge in [-0.2, -0.15) is 0 Å². The highest BCUT2D eigenvalue weighted by atomic mass is 16.6. The Morgan fingerprint density at radius 3 is 2.32 bits per heavy atom. The Hall–Kier alpha value is -1.84. The van der Waals surface area contributed by atoms with Gasteiger partial charge >= 0.3 is 5.97 Å². The molecule has 1 heterocycles. The summed E-state index contributed by atoms with van der Waals surface area (Å²) in [4.78, 5) is 26.9. The van der Waals surface area contributed by atoms with Gasteiger partial charge in [-0.15, -0.1) is 0 Å². The highest BCUT2D eigenvalue weighted by molar-refractivity contribution is 5.98. The van der Waals surface area contributed by atoms with Crippen molar-refractivity contribution in [3.63, 3.8) is 0 Å². The number of rotatable bonds is 3. The van der Waals surface area contributed by atoms with Crippen LogP contribution in [0.2, 0.25) is 0 Å². The Bertz CT molecular complexity index is 545. The summed E-state index contributed by atoms with van der Waals surface area (Å²) in [6.45, 7) is 10.0. The molecule has 0 bridgehead atoms. The first-order valence-corrected chi connectivity index (χ1v) is 7.80. The average Bonchev–Trinajstić information content (AvgIpc) is 2.76. The van der Waals surface area contributed by atoms with Gasteiger partial charge in [0.25, 0.3) is 5.91 Å². The minimum atomic E-state index is -0.531. The van der Waals surface area contributed by atoms with E-state index in [1.807, 2.05) is 52.8 Å². The number of esters is 1. The number of amides is 1. The summed E-state index contributed by atoms with van der Waals surface area (Å²) < 4.78 is 5.56. The number of carbonyl (C=O) groups is 2. The zero-order valence-electron chi connectivity index (χ0n) is 14.0. The van der Waals surface area contributed by atoms with Gasteiger partial charge in [0.15, 0.2) is 6.23 Å². The van der Waals surface area contributed by atoms with Gasteiger partial charge in [0, 0.05) is 11.0 Å². The van der Waals surface area contributed by atoms with E-state index >= 15 is 0 Å². The van der Waals surface area contributed by atoms with Gasteiger partial charge < -0.3 is 4.74 Å². The van der Waals surface area contributed by atoms with Gasteiger partial charge in [0.05, 0.1) is 0 Å². The molecule has 1 aliphatic rings. The largest absolute Gasteiger partial charge is 0.439 e. The summed E-state index contributed by atoms with van der Waals surface area (Å²) in [5.41, 5.74) is 0.259. The number of hydrogen-bond donors (Lipinski definition) is 0. The van der Waals surface area contributed by atoms with Gasteiger partial charge in [-0.1, -0.05) is 52.8 Å². The molecule has 0 saturated carbocycles. The molecule has 120 valence electrons. The Morgan fingerprint density at radius 1 is 1.23 bits per heavy atom. The maximum Gasteiger partial charge on any atom is 0.330 e. The van der Waals surface area contributed by atoms with Crippen LogP contribution >= 0.6 is 0 Å². The molecule has 1 aliphatic heterocycles. The molecule has 0 aromatic heterocycles. The first kappa shape index (κ1) is 16.5. The summed E-state index contributed by atoms with van der Waals surface area (Å²) in [5.74, 6) is -0.128. The van der Waals surface area contributed by atoms with E-state index in [0.29, 0.717) is 17.9 Å². The van der Waals surface area contributed by atoms with E-state index in [2.05, 4.69) is 0 Å². The molecule has 0 aliphatic carbocycles. The molecule has 1 saturated heterocycles. The lowest BCUT2D eigenvalue weighted by atomic mass is 9.92. The van der Waals surface area contributed by atoms with Crippen LogP contribution in [0.3, 0.4) is 0 Å². The van der Waals surface area contributed by atoms with Crippen molar-refractivity contribution in [1.82, 2.24) is 4.90 Å². The summed E-state index contributed by atoms with van der Waals surface area (Å²) in [6.07, 6.45) is 0.0840. The number of carbonyl (C=O) groups excluding carboxylic acids is 2. The summed E-state index contributed by atoms with van der Waals surface area (Å²) in [7, 11) is 0. The van der Waals surface area contributed by atoms with Crippen molar-refractivity contribution in [2.75, 3.05) is 0 Å². The lowest BCUT2D eigenvalue weighted by molar-refractivity contribution is -0.147. The molecule has 0 spiro atoms. The van der Waals surface area contributed by atoms with Crippen molar-refractivity contribution in [2.24, 2.45) is 11.3 Å². The molecule has 0 radical (unpaired) electrons. The number of benzene rings is 1. The molecule has 1 aromatic rings. The minimum absolute atomic E-state index is 0.142. The van der Waals surface area contributed by atoms with Gasteiger partial charge in [-0.05, 0) is 24.5 Å². The van der Waals surface area contributed by atoms with Crippen LogP contribution in [-0.2, 0) is 9.53 Å². The van der Waals surface area contributed by atoms with Crippen molar-refractivity contribution >= 4 is 11.9 Å². The van der Waals surface area contributed by atoms with Crippen LogP contribution < -0.4 is 0 Å². The summed E-state index contributed by atoms with van der Waals surface area (Å²) in [5, 5.41) is 0. The smallest absolute Gasteiger partial charge is 0.330 e. The predicted molar refractivity (Wildman–Crippen MR) is 85.2 cm³/mol.